The van der Waals surface area contributed by atoms with Gasteiger partial charge in [-0.05, 0) is 64.3 Å². The molecule has 2 aromatic rings. The minimum absolute atomic E-state index is 0.0923. The summed E-state index contributed by atoms with van der Waals surface area (Å²) < 4.78 is 5.65. The van der Waals surface area contributed by atoms with Gasteiger partial charge in [0.05, 0.1) is 18.2 Å². The number of carbonyl (C=O) groups excluding carboxylic acids is 2. The highest BCUT2D eigenvalue weighted by atomic mass is 16.6. The maximum atomic E-state index is 13.9. The Labute approximate surface area is 190 Å². The van der Waals surface area contributed by atoms with Crippen LogP contribution in [-0.2, 0) is 11.3 Å². The Morgan fingerprint density at radius 3 is 2.50 bits per heavy atom. The zero-order chi connectivity index (χ0) is 22.9. The zero-order valence-corrected chi connectivity index (χ0v) is 19.4. The third-order valence-electron chi connectivity index (χ3n) is 5.90. The Hall–Kier alpha value is -3.09. The molecule has 2 aliphatic rings. The van der Waals surface area contributed by atoms with Crippen LogP contribution in [-0.4, -0.2) is 53.2 Å². The number of anilines is 2. The lowest BCUT2D eigenvalue weighted by Gasteiger charge is -2.31. The van der Waals surface area contributed by atoms with Gasteiger partial charge in [0.1, 0.15) is 11.4 Å². The Morgan fingerprint density at radius 2 is 1.78 bits per heavy atom. The second-order valence-electron chi connectivity index (χ2n) is 9.57. The number of para-hydroxylation sites is 1. The van der Waals surface area contributed by atoms with Gasteiger partial charge in [-0.1, -0.05) is 18.2 Å². The van der Waals surface area contributed by atoms with Gasteiger partial charge >= 0.3 is 6.09 Å². The fourth-order valence-corrected chi connectivity index (χ4v) is 4.36. The fraction of sp³-hybridized carbons (Fsp3) is 0.480. The van der Waals surface area contributed by atoms with E-state index in [-0.39, 0.29) is 18.0 Å². The molecule has 170 valence electrons. The molecule has 0 bridgehead atoms. The van der Waals surface area contributed by atoms with Gasteiger partial charge < -0.3 is 14.5 Å². The first kappa shape index (κ1) is 22.1. The number of carbonyl (C=O) groups is 2. The van der Waals surface area contributed by atoms with Gasteiger partial charge in [-0.3, -0.25) is 9.69 Å². The normalized spacial score (nSPS) is 18.9. The summed E-state index contributed by atoms with van der Waals surface area (Å²) in [5.41, 5.74) is 1.76. The van der Waals surface area contributed by atoms with Crippen molar-refractivity contribution in [3.05, 3.63) is 53.7 Å². The molecule has 2 aliphatic heterocycles. The van der Waals surface area contributed by atoms with Crippen LogP contribution in [0.1, 0.15) is 56.5 Å². The van der Waals surface area contributed by atoms with Crippen molar-refractivity contribution >= 4 is 23.5 Å². The van der Waals surface area contributed by atoms with E-state index in [0.717, 1.165) is 43.0 Å². The van der Waals surface area contributed by atoms with Crippen molar-refractivity contribution in [3.8, 4) is 0 Å². The lowest BCUT2D eigenvalue weighted by atomic mass is 10.1. The highest BCUT2D eigenvalue weighted by Crippen LogP contribution is 2.31. The Bertz CT molecular complexity index is 995. The molecular weight excluding hydrogens is 404 g/mol. The summed E-state index contributed by atoms with van der Waals surface area (Å²) in [5.74, 6) is 0.652. The summed E-state index contributed by atoms with van der Waals surface area (Å²) in [5, 5.41) is 0. The van der Waals surface area contributed by atoms with E-state index >= 15 is 0 Å². The smallest absolute Gasteiger partial charge is 0.410 e. The van der Waals surface area contributed by atoms with Crippen molar-refractivity contribution in [3.63, 3.8) is 0 Å². The highest BCUT2D eigenvalue weighted by molar-refractivity contribution is 6.09. The van der Waals surface area contributed by atoms with Crippen molar-refractivity contribution in [1.29, 1.82) is 0 Å². The van der Waals surface area contributed by atoms with Crippen molar-refractivity contribution in [1.82, 2.24) is 9.88 Å². The van der Waals surface area contributed by atoms with E-state index in [9.17, 15) is 9.59 Å². The van der Waals surface area contributed by atoms with Gasteiger partial charge in [0.15, 0.2) is 0 Å². The summed E-state index contributed by atoms with van der Waals surface area (Å²) in [4.78, 5) is 37.1. The third-order valence-corrected chi connectivity index (χ3v) is 5.90. The van der Waals surface area contributed by atoms with Crippen LogP contribution in [0.25, 0.3) is 0 Å². The standard InChI is InChI=1S/C25H32N4O3/c1-18-16-29(23(30)20-11-9-13-26-22(20)27-14-7-8-15-27)21-12-6-5-10-19(21)17-28(18)24(31)32-25(2,3)4/h5-6,9-13,18H,7-8,14-17H2,1-4H3/t18-/m0/s1. The lowest BCUT2D eigenvalue weighted by Crippen LogP contribution is -2.46. The van der Waals surface area contributed by atoms with Crippen LogP contribution in [0, 0.1) is 0 Å². The highest BCUT2D eigenvalue weighted by Gasteiger charge is 2.34. The Morgan fingerprint density at radius 1 is 1.06 bits per heavy atom. The van der Waals surface area contributed by atoms with Crippen molar-refractivity contribution in [2.24, 2.45) is 0 Å². The number of fused-ring (bicyclic) bond motifs is 1. The summed E-state index contributed by atoms with van der Waals surface area (Å²) in [6.07, 6.45) is 3.60. The van der Waals surface area contributed by atoms with E-state index in [2.05, 4.69) is 9.88 Å². The number of hydrogen-bond acceptors (Lipinski definition) is 5. The molecule has 1 aromatic carbocycles. The first-order valence-electron chi connectivity index (χ1n) is 11.3. The van der Waals surface area contributed by atoms with Crippen LogP contribution in [0.15, 0.2) is 42.6 Å². The molecule has 0 N–H and O–H groups in total. The average molecular weight is 437 g/mol. The summed E-state index contributed by atoms with van der Waals surface area (Å²) >= 11 is 0. The van der Waals surface area contributed by atoms with Crippen molar-refractivity contribution in [2.75, 3.05) is 29.4 Å². The van der Waals surface area contributed by atoms with Gasteiger partial charge in [0, 0.05) is 31.5 Å². The molecule has 3 heterocycles. The van der Waals surface area contributed by atoms with Gasteiger partial charge in [0.25, 0.3) is 5.91 Å². The number of pyridine rings is 1. The molecule has 1 atom stereocenters. The molecule has 4 rings (SSSR count). The molecule has 7 heteroatoms. The van der Waals surface area contributed by atoms with Crippen LogP contribution < -0.4 is 9.80 Å². The largest absolute Gasteiger partial charge is 0.444 e. The van der Waals surface area contributed by atoms with E-state index < -0.39 is 5.60 Å². The molecule has 0 radical (unpaired) electrons. The minimum atomic E-state index is -0.585. The van der Waals surface area contributed by atoms with E-state index in [4.69, 9.17) is 4.74 Å². The number of ether oxygens (including phenoxy) is 1. The quantitative estimate of drug-likeness (QED) is 0.695. The van der Waals surface area contributed by atoms with Crippen LogP contribution in [0.5, 0.6) is 0 Å². The van der Waals surface area contributed by atoms with Crippen molar-refractivity contribution in [2.45, 2.75) is 58.7 Å². The topological polar surface area (TPSA) is 66.0 Å². The molecule has 0 spiro atoms. The molecule has 32 heavy (non-hydrogen) atoms. The summed E-state index contributed by atoms with van der Waals surface area (Å²) in [6, 6.07) is 11.2. The van der Waals surface area contributed by atoms with E-state index in [0.29, 0.717) is 18.7 Å². The monoisotopic (exact) mass is 436 g/mol. The summed E-state index contributed by atoms with van der Waals surface area (Å²) in [6.45, 7) is 10.1. The lowest BCUT2D eigenvalue weighted by molar-refractivity contribution is 0.0167. The Kier molecular flexibility index (Phi) is 6.09. The molecule has 0 unspecified atom stereocenters. The molecule has 7 nitrogen and oxygen atoms in total. The number of rotatable bonds is 2. The van der Waals surface area contributed by atoms with E-state index in [1.165, 1.54) is 0 Å². The second-order valence-corrected chi connectivity index (χ2v) is 9.57. The average Bonchev–Trinajstić information content (AvgIpc) is 3.24. The maximum Gasteiger partial charge on any atom is 0.410 e. The van der Waals surface area contributed by atoms with Gasteiger partial charge in [-0.25, -0.2) is 9.78 Å². The predicted octanol–water partition coefficient (Wildman–Crippen LogP) is 4.47. The van der Waals surface area contributed by atoms with E-state index in [1.807, 2.05) is 64.1 Å². The number of aromatic nitrogens is 1. The Balaban J connectivity index is 1.69. The summed E-state index contributed by atoms with van der Waals surface area (Å²) in [7, 11) is 0. The number of benzene rings is 1. The first-order chi connectivity index (χ1) is 15.2. The number of nitrogens with zero attached hydrogens (tertiary/aromatic N) is 4. The van der Waals surface area contributed by atoms with Crippen LogP contribution in [0.2, 0.25) is 0 Å². The minimum Gasteiger partial charge on any atom is -0.444 e. The number of hydrogen-bond donors (Lipinski definition) is 0. The predicted molar refractivity (Wildman–Crippen MR) is 125 cm³/mol. The van der Waals surface area contributed by atoms with Gasteiger partial charge in [-0.2, -0.15) is 0 Å². The molecule has 0 saturated carbocycles. The second kappa shape index (κ2) is 8.81. The maximum absolute atomic E-state index is 13.9. The molecule has 0 aliphatic carbocycles. The van der Waals surface area contributed by atoms with Crippen LogP contribution in [0.3, 0.4) is 0 Å². The molecule has 1 aromatic heterocycles. The zero-order valence-electron chi connectivity index (χ0n) is 19.4. The molecule has 1 fully saturated rings. The van der Waals surface area contributed by atoms with Gasteiger partial charge in [0.2, 0.25) is 0 Å². The molecule has 1 saturated heterocycles. The van der Waals surface area contributed by atoms with Crippen molar-refractivity contribution < 1.29 is 14.3 Å². The first-order valence-corrected chi connectivity index (χ1v) is 11.3. The molecular formula is C25H32N4O3. The van der Waals surface area contributed by atoms with Crippen LogP contribution in [0.4, 0.5) is 16.3 Å². The van der Waals surface area contributed by atoms with Gasteiger partial charge in [-0.15, -0.1) is 0 Å². The SMILES string of the molecule is C[C@H]1CN(C(=O)c2cccnc2N2CCCC2)c2ccccc2CN1C(=O)OC(C)(C)C. The van der Waals surface area contributed by atoms with E-state index in [1.54, 1.807) is 16.0 Å². The fourth-order valence-electron chi connectivity index (χ4n) is 4.36. The third kappa shape index (κ3) is 4.56. The van der Waals surface area contributed by atoms with Crippen LogP contribution >= 0.6 is 0 Å². The number of amides is 2. The molecule has 2 amide bonds.